The number of nitrogens with zero attached hydrogens (tertiary/aromatic N) is 2. The molecule has 0 unspecified atom stereocenters. The molecule has 490 valence electrons. The zero-order chi connectivity index (χ0) is 63.0. The van der Waals surface area contributed by atoms with E-state index in [1.54, 1.807) is 46.4 Å². The van der Waals surface area contributed by atoms with Gasteiger partial charge in [0.25, 0.3) is 0 Å². The molecule has 5 N–H and O–H groups in total. The van der Waals surface area contributed by atoms with Crippen LogP contribution in [0.4, 0.5) is 0 Å². The molecular weight excluding hydrogens is 1110 g/mol. The Labute approximate surface area is 518 Å². The molecule has 17 heteroatoms. The van der Waals surface area contributed by atoms with E-state index in [2.05, 4.69) is 60.7 Å². The number of carbonyl (C=O) groups is 2. The van der Waals surface area contributed by atoms with Crippen molar-refractivity contribution in [1.29, 1.82) is 0 Å². The Morgan fingerprint density at radius 3 is 1.87 bits per heavy atom. The largest absolute Gasteiger partial charge is 0.459 e. The number of aliphatic hydroxyl groups excluding tert-OH is 3. The second kappa shape index (κ2) is 33.6. The van der Waals surface area contributed by atoms with Gasteiger partial charge in [-0.15, -0.1) is 0 Å². The van der Waals surface area contributed by atoms with Gasteiger partial charge in [0.15, 0.2) is 12.6 Å². The fourth-order valence-electron chi connectivity index (χ4n) is 14.9. The predicted molar refractivity (Wildman–Crippen MR) is 341 cm³/mol. The third-order valence-corrected chi connectivity index (χ3v) is 25.6. The molecule has 0 aliphatic carbocycles. The van der Waals surface area contributed by atoms with Gasteiger partial charge in [-0.05, 0) is 130 Å². The molecule has 18 atom stereocenters. The number of aliphatic hydroxyl groups is 5. The number of cyclic esters (lactones) is 1. The van der Waals surface area contributed by atoms with Crippen molar-refractivity contribution in [3.05, 3.63) is 60.7 Å². The van der Waals surface area contributed by atoms with Gasteiger partial charge >= 0.3 is 5.97 Å². The average molecular weight is 1230 g/mol. The second-order valence-corrected chi connectivity index (χ2v) is 31.4. The highest BCUT2D eigenvalue weighted by Gasteiger charge is 2.53. The summed E-state index contributed by atoms with van der Waals surface area (Å²) in [4.78, 5) is 32.9. The van der Waals surface area contributed by atoms with Gasteiger partial charge < -0.3 is 68.5 Å². The number of amides is 1. The lowest BCUT2D eigenvalue weighted by Gasteiger charge is -2.48. The van der Waals surface area contributed by atoms with Crippen LogP contribution in [0.15, 0.2) is 60.7 Å². The smallest absolute Gasteiger partial charge is 0.309 e. The van der Waals surface area contributed by atoms with E-state index < -0.39 is 103 Å². The van der Waals surface area contributed by atoms with Gasteiger partial charge in [0, 0.05) is 51.3 Å². The summed E-state index contributed by atoms with van der Waals surface area (Å²) in [6, 6.07) is 21.5. The molecule has 0 spiro atoms. The number of likely N-dealkylation sites (N-methyl/N-ethyl adjacent to an activating group) is 1. The van der Waals surface area contributed by atoms with Crippen LogP contribution in [0.5, 0.6) is 0 Å². The van der Waals surface area contributed by atoms with Crippen LogP contribution in [-0.4, -0.2) is 191 Å². The molecule has 86 heavy (non-hydrogen) atoms. The lowest BCUT2D eigenvalue weighted by atomic mass is 9.73. The Balaban J connectivity index is 1.10. The number of hydrogen-bond acceptors (Lipinski definition) is 15. The van der Waals surface area contributed by atoms with Crippen LogP contribution in [-0.2, 0) is 42.7 Å². The summed E-state index contributed by atoms with van der Waals surface area (Å²) >= 11 is 0. The van der Waals surface area contributed by atoms with E-state index >= 15 is 0 Å². The van der Waals surface area contributed by atoms with Gasteiger partial charge in [-0.2, -0.15) is 0 Å². The van der Waals surface area contributed by atoms with Crippen LogP contribution in [0.2, 0.25) is 0 Å². The molecule has 4 fully saturated rings. The molecule has 16 nitrogen and oxygen atoms in total. The van der Waals surface area contributed by atoms with E-state index in [4.69, 9.17) is 33.2 Å². The lowest BCUT2D eigenvalue weighted by molar-refractivity contribution is -0.302. The summed E-state index contributed by atoms with van der Waals surface area (Å²) in [5.41, 5.74) is -3.97. The van der Waals surface area contributed by atoms with Gasteiger partial charge in [-0.25, -0.2) is 0 Å². The Hall–Kier alpha value is -2.67. The number of methoxy groups -OCH3 is 1. The van der Waals surface area contributed by atoms with Crippen molar-refractivity contribution in [3.63, 3.8) is 0 Å². The zero-order valence-electron chi connectivity index (χ0n) is 55.0. The highest BCUT2D eigenvalue weighted by molar-refractivity contribution is 7.90. The quantitative estimate of drug-likeness (QED) is 0.0357. The van der Waals surface area contributed by atoms with Crippen molar-refractivity contribution < 1.29 is 68.3 Å². The molecular formula is C69H116N2O14P+. The van der Waals surface area contributed by atoms with E-state index in [0.717, 1.165) is 51.7 Å². The normalized spacial score (nSPS) is 35.9. The standard InChI is InChI=1S/C69H116N2O14P/c1-14-58-69(10,78)62(74)51(6)71(59(72)36-30-22-20-18-16-15-17-19-21-23-31-41-86(53-32-26-24-27-33-53,54-34-28-25-29-35-54)55-37-39-80-40-38-55)45-47(2)43-67(8,77)64(85-66-61(73)57(70(11)12)42-48(3)82-66)49(4)56(50(5)65(76)84-58)46-81-60-44-68(9,79-13)63(75)52(7)83-60/h24-29,32-35,47-52,55-58,60-64,66,73-75,77-78H,14-23,30-31,36-46H2,1-13H3/q+1/t47-,48-,49+,50-,51-,52+,56+,57+,58-,60-,61-,62-,63+,64-,66+,67-,68-,69+/m1/s1. The Morgan fingerprint density at radius 1 is 0.767 bits per heavy atom. The van der Waals surface area contributed by atoms with Crippen LogP contribution in [0.1, 0.15) is 185 Å². The summed E-state index contributed by atoms with van der Waals surface area (Å²) in [7, 11) is 3.70. The monoisotopic (exact) mass is 1230 g/mol. The predicted octanol–water partition coefficient (Wildman–Crippen LogP) is 9.57. The molecule has 1 amide bonds. The van der Waals surface area contributed by atoms with Crippen molar-refractivity contribution >= 4 is 29.7 Å². The van der Waals surface area contributed by atoms with Gasteiger partial charge in [-0.3, -0.25) is 9.59 Å². The number of unbranched alkanes of at least 4 members (excludes halogenated alkanes) is 10. The topological polar surface area (TPSA) is 206 Å². The number of benzene rings is 2. The molecule has 0 bridgehead atoms. The minimum atomic E-state index is -1.98. The first kappa shape index (κ1) is 72.4. The molecule has 6 rings (SSSR count). The Kier molecular flexibility index (Phi) is 28.3. The third-order valence-electron chi connectivity index (χ3n) is 20.4. The second-order valence-electron chi connectivity index (χ2n) is 27.4. The molecule has 4 aliphatic heterocycles. The average Bonchev–Trinajstić information content (AvgIpc) is 1.30. The number of esters is 1. The summed E-state index contributed by atoms with van der Waals surface area (Å²) < 4.78 is 43.8. The minimum Gasteiger partial charge on any atom is -0.459 e. The van der Waals surface area contributed by atoms with Gasteiger partial charge in [0.1, 0.15) is 30.0 Å². The fourth-order valence-corrected chi connectivity index (χ4v) is 20.2. The van der Waals surface area contributed by atoms with Crippen molar-refractivity contribution in [2.24, 2.45) is 23.7 Å². The minimum absolute atomic E-state index is 0.0819. The lowest BCUT2D eigenvalue weighted by Crippen LogP contribution is -2.60. The van der Waals surface area contributed by atoms with Gasteiger partial charge in [-0.1, -0.05) is 115 Å². The fraction of sp³-hybridized carbons (Fsp3) is 0.797. The van der Waals surface area contributed by atoms with Crippen molar-refractivity contribution in [3.8, 4) is 0 Å². The molecule has 4 saturated heterocycles. The highest BCUT2D eigenvalue weighted by atomic mass is 31.2. The maximum absolute atomic E-state index is 14.7. The van der Waals surface area contributed by atoms with E-state index in [0.29, 0.717) is 18.5 Å². The number of ether oxygens (including phenoxy) is 7. The van der Waals surface area contributed by atoms with Gasteiger partial charge in [0.2, 0.25) is 5.91 Å². The van der Waals surface area contributed by atoms with E-state index in [1.807, 2.05) is 39.8 Å². The molecule has 0 saturated carbocycles. The van der Waals surface area contributed by atoms with Crippen molar-refractivity contribution in [1.82, 2.24) is 9.80 Å². The molecule has 2 aromatic rings. The molecule has 4 aliphatic rings. The Bertz CT molecular complexity index is 2250. The summed E-state index contributed by atoms with van der Waals surface area (Å²) in [6.07, 6.45) is 8.29. The number of rotatable bonds is 25. The molecule has 0 radical (unpaired) electrons. The molecule has 4 heterocycles. The summed E-state index contributed by atoms with van der Waals surface area (Å²) in [5.74, 6) is -3.57. The maximum Gasteiger partial charge on any atom is 0.309 e. The first-order chi connectivity index (χ1) is 40.8. The maximum atomic E-state index is 14.7. The van der Waals surface area contributed by atoms with Crippen LogP contribution in [0, 0.1) is 23.7 Å². The summed E-state index contributed by atoms with van der Waals surface area (Å²) in [5, 5.41) is 63.5. The van der Waals surface area contributed by atoms with Crippen molar-refractivity contribution in [2.75, 3.05) is 53.7 Å². The van der Waals surface area contributed by atoms with Crippen LogP contribution in [0.3, 0.4) is 0 Å². The van der Waals surface area contributed by atoms with Crippen LogP contribution >= 0.6 is 7.26 Å². The zero-order valence-corrected chi connectivity index (χ0v) is 55.9. The van der Waals surface area contributed by atoms with E-state index in [9.17, 15) is 35.1 Å². The molecule has 2 aromatic carbocycles. The highest BCUT2D eigenvalue weighted by Crippen LogP contribution is 2.64. The van der Waals surface area contributed by atoms with Crippen LogP contribution < -0.4 is 10.6 Å². The van der Waals surface area contributed by atoms with E-state index in [1.165, 1.54) is 69.3 Å². The first-order valence-electron chi connectivity index (χ1n) is 33.2. The third kappa shape index (κ3) is 18.5. The number of hydrogen-bond donors (Lipinski definition) is 5. The summed E-state index contributed by atoms with van der Waals surface area (Å²) in [6.45, 7) is 19.4. The Morgan fingerprint density at radius 2 is 1.33 bits per heavy atom. The van der Waals surface area contributed by atoms with Gasteiger partial charge in [0.05, 0.1) is 91.0 Å². The van der Waals surface area contributed by atoms with Crippen LogP contribution in [0.25, 0.3) is 0 Å². The number of carbonyl (C=O) groups excluding carboxylic acids is 2. The van der Waals surface area contributed by atoms with Crippen molar-refractivity contribution in [2.45, 2.75) is 275 Å². The van der Waals surface area contributed by atoms with E-state index in [-0.39, 0.29) is 62.8 Å². The first-order valence-corrected chi connectivity index (χ1v) is 35.2. The molecule has 0 aromatic heterocycles. The SMILES string of the molecule is CC[C@H]1OC(=O)[C@H](C)[C@@H](CO[C@H]2C[C@@](C)(OC)[C@@H](O)[C@H](C)O2)[C@H](C)[C@@H](O[C@@H]2O[C@H](C)C[C@H](N(C)C)[C@H]2O)[C@](C)(O)C[C@@H](C)CN(C(=O)CCCCCCCCCCCCC[P+](c2ccccc2)(c2ccccc2)C2CCOCC2)[C@H](C)[C@@H](O)[C@@]1(C)O.